The van der Waals surface area contributed by atoms with Crippen LogP contribution >= 0.6 is 11.8 Å². The van der Waals surface area contributed by atoms with Crippen LogP contribution in [-0.4, -0.2) is 74.9 Å². The Bertz CT molecular complexity index is 526. The lowest BCUT2D eigenvalue weighted by atomic mass is 10.0. The molecule has 0 bridgehead atoms. The van der Waals surface area contributed by atoms with Gasteiger partial charge in [-0.15, -0.1) is 0 Å². The van der Waals surface area contributed by atoms with E-state index in [4.69, 9.17) is 9.29 Å². The maximum atomic E-state index is 10.7. The van der Waals surface area contributed by atoms with Gasteiger partial charge in [-0.25, -0.2) is 4.28 Å². The first-order chi connectivity index (χ1) is 11.7. The molecular formula is C13H25NO9S2. The Labute approximate surface area is 150 Å². The highest BCUT2D eigenvalue weighted by molar-refractivity contribution is 8.14. The zero-order chi connectivity index (χ0) is 19.0. The van der Waals surface area contributed by atoms with E-state index < -0.39 is 46.9 Å². The normalized spacial score (nSPS) is 31.1. The van der Waals surface area contributed by atoms with Gasteiger partial charge in [0.1, 0.15) is 34.9 Å². The lowest BCUT2D eigenvalue weighted by Crippen LogP contribution is -2.57. The summed E-state index contributed by atoms with van der Waals surface area (Å²) in [7, 11) is -4.78. The van der Waals surface area contributed by atoms with Crippen LogP contribution in [0.2, 0.25) is 0 Å². The molecule has 0 amide bonds. The van der Waals surface area contributed by atoms with Gasteiger partial charge in [-0.2, -0.15) is 8.42 Å². The van der Waals surface area contributed by atoms with E-state index in [1.54, 1.807) is 0 Å². The van der Waals surface area contributed by atoms with Gasteiger partial charge in [-0.1, -0.05) is 43.1 Å². The topological polar surface area (TPSA) is 166 Å². The van der Waals surface area contributed by atoms with Crippen LogP contribution in [0, 0.1) is 0 Å². The van der Waals surface area contributed by atoms with Gasteiger partial charge in [0.25, 0.3) is 0 Å². The van der Waals surface area contributed by atoms with Gasteiger partial charge in [0.15, 0.2) is 0 Å². The van der Waals surface area contributed by atoms with Gasteiger partial charge in [-0.05, 0) is 12.8 Å². The summed E-state index contributed by atoms with van der Waals surface area (Å²) in [6.07, 6.45) is -1.83. The molecule has 0 aromatic rings. The fourth-order valence-corrected chi connectivity index (χ4v) is 3.56. The van der Waals surface area contributed by atoms with E-state index in [1.807, 2.05) is 6.92 Å². The van der Waals surface area contributed by atoms with Crippen molar-refractivity contribution < 1.29 is 42.4 Å². The fourth-order valence-electron chi connectivity index (χ4n) is 2.22. The van der Waals surface area contributed by atoms with Crippen molar-refractivity contribution in [2.75, 3.05) is 6.61 Å². The van der Waals surface area contributed by atoms with Crippen LogP contribution in [0.25, 0.3) is 0 Å². The first kappa shape index (κ1) is 22.6. The zero-order valence-electron chi connectivity index (χ0n) is 13.8. The summed E-state index contributed by atoms with van der Waals surface area (Å²) in [4.78, 5) is 0. The van der Waals surface area contributed by atoms with Gasteiger partial charge in [0, 0.05) is 0 Å². The second-order valence-electron chi connectivity index (χ2n) is 5.61. The Kier molecular flexibility index (Phi) is 9.59. The molecule has 0 aromatic heterocycles. The maximum Gasteiger partial charge on any atom is 0.466 e. The van der Waals surface area contributed by atoms with Gasteiger partial charge in [-0.3, -0.25) is 4.55 Å². The van der Waals surface area contributed by atoms with Crippen LogP contribution in [0.5, 0.6) is 0 Å². The summed E-state index contributed by atoms with van der Waals surface area (Å²) in [6, 6.07) is 0. The molecule has 1 rings (SSSR count). The Morgan fingerprint density at radius 3 is 2.40 bits per heavy atom. The Morgan fingerprint density at radius 1 is 1.16 bits per heavy atom. The lowest BCUT2D eigenvalue weighted by molar-refractivity contribution is -0.205. The van der Waals surface area contributed by atoms with Crippen molar-refractivity contribution >= 4 is 27.2 Å². The van der Waals surface area contributed by atoms with Crippen molar-refractivity contribution in [2.45, 2.75) is 68.9 Å². The molecule has 148 valence electrons. The Hall–Kier alpha value is -0.470. The number of ether oxygens (including phenoxy) is 1. The van der Waals surface area contributed by atoms with Crippen LogP contribution in [-0.2, 0) is 19.4 Å². The second-order valence-corrected chi connectivity index (χ2v) is 7.79. The highest BCUT2D eigenvalue weighted by Gasteiger charge is 2.44. The second kappa shape index (κ2) is 10.6. The van der Waals surface area contributed by atoms with Crippen LogP contribution in [0.4, 0.5) is 0 Å². The van der Waals surface area contributed by atoms with Crippen LogP contribution in [0.3, 0.4) is 0 Å². The molecule has 0 aromatic carbocycles. The minimum Gasteiger partial charge on any atom is -0.394 e. The number of rotatable bonds is 9. The molecule has 0 saturated carbocycles. The van der Waals surface area contributed by atoms with E-state index in [0.29, 0.717) is 12.8 Å². The summed E-state index contributed by atoms with van der Waals surface area (Å²) < 4.78 is 39.4. The summed E-state index contributed by atoms with van der Waals surface area (Å²) in [5, 5.41) is 42.2. The molecule has 0 radical (unpaired) electrons. The number of hydrogen-bond acceptors (Lipinski definition) is 10. The minimum atomic E-state index is -4.78. The summed E-state index contributed by atoms with van der Waals surface area (Å²) in [5.74, 6) is 0. The van der Waals surface area contributed by atoms with E-state index in [2.05, 4.69) is 9.44 Å². The minimum absolute atomic E-state index is 0.123. The van der Waals surface area contributed by atoms with Gasteiger partial charge in [0.05, 0.1) is 6.61 Å². The molecule has 0 spiro atoms. The van der Waals surface area contributed by atoms with E-state index >= 15 is 0 Å². The van der Waals surface area contributed by atoms with E-state index in [9.17, 15) is 28.8 Å². The van der Waals surface area contributed by atoms with Crippen molar-refractivity contribution in [1.29, 1.82) is 0 Å². The first-order valence-electron chi connectivity index (χ1n) is 7.89. The van der Waals surface area contributed by atoms with Gasteiger partial charge in [0.2, 0.25) is 0 Å². The SMILES string of the molecule is CCCCCC/C(=N/OS(=O)(=O)O)S[C@@H]1O[C@H](CO)[C@@H](O)[C@H](O)[C@H]1O. The molecule has 12 heteroatoms. The van der Waals surface area contributed by atoms with Gasteiger partial charge < -0.3 is 25.2 Å². The third-order valence-electron chi connectivity index (χ3n) is 3.58. The van der Waals surface area contributed by atoms with Crippen molar-refractivity contribution in [3.05, 3.63) is 0 Å². The van der Waals surface area contributed by atoms with E-state index in [0.717, 1.165) is 31.0 Å². The average molecular weight is 403 g/mol. The third-order valence-corrected chi connectivity index (χ3v) is 5.01. The quantitative estimate of drug-likeness (QED) is 0.113. The molecular weight excluding hydrogens is 378 g/mol. The van der Waals surface area contributed by atoms with Crippen molar-refractivity contribution in [1.82, 2.24) is 0 Å². The largest absolute Gasteiger partial charge is 0.466 e. The molecule has 25 heavy (non-hydrogen) atoms. The summed E-state index contributed by atoms with van der Waals surface area (Å²) in [6.45, 7) is 1.45. The molecule has 0 unspecified atom stereocenters. The predicted octanol–water partition coefficient (Wildman–Crippen LogP) is -0.377. The molecule has 10 nitrogen and oxygen atoms in total. The fraction of sp³-hybridized carbons (Fsp3) is 0.923. The molecule has 1 aliphatic rings. The Morgan fingerprint density at radius 2 is 1.84 bits per heavy atom. The molecule has 5 N–H and O–H groups in total. The first-order valence-corrected chi connectivity index (χ1v) is 10.1. The molecule has 1 fully saturated rings. The monoisotopic (exact) mass is 403 g/mol. The van der Waals surface area contributed by atoms with Crippen molar-refractivity contribution in [3.63, 3.8) is 0 Å². The number of aliphatic hydroxyl groups excluding tert-OH is 4. The number of hydrogen-bond donors (Lipinski definition) is 5. The summed E-state index contributed by atoms with van der Waals surface area (Å²) >= 11 is 0.792. The number of unbranched alkanes of at least 4 members (excludes halogenated alkanes) is 3. The number of oxime groups is 1. The standard InChI is InChI=1S/C13H25NO9S2/c1-2-3-4-5-6-9(14-23-25(19,20)21)24-13-12(18)11(17)10(16)8(7-15)22-13/h8,10-13,15-18H,2-7H2,1H3,(H,19,20,21)/b14-9-/t8-,10-,11+,12-,13+/m1/s1. The smallest absolute Gasteiger partial charge is 0.394 e. The highest BCUT2D eigenvalue weighted by Crippen LogP contribution is 2.30. The molecule has 5 atom stereocenters. The number of aliphatic hydroxyl groups is 4. The van der Waals surface area contributed by atoms with Crippen molar-refractivity contribution in [3.8, 4) is 0 Å². The Balaban J connectivity index is 2.80. The van der Waals surface area contributed by atoms with Gasteiger partial charge >= 0.3 is 10.4 Å². The molecule has 1 aliphatic heterocycles. The average Bonchev–Trinajstić information content (AvgIpc) is 2.55. The maximum absolute atomic E-state index is 10.7. The lowest BCUT2D eigenvalue weighted by Gasteiger charge is -2.39. The van der Waals surface area contributed by atoms with Crippen LogP contribution in [0.15, 0.2) is 5.16 Å². The van der Waals surface area contributed by atoms with Crippen LogP contribution < -0.4 is 0 Å². The number of thioether (sulfide) groups is 1. The molecule has 1 saturated heterocycles. The number of nitrogens with zero attached hydrogens (tertiary/aromatic N) is 1. The van der Waals surface area contributed by atoms with E-state index in [1.165, 1.54) is 0 Å². The van der Waals surface area contributed by atoms with Crippen molar-refractivity contribution in [2.24, 2.45) is 5.16 Å². The predicted molar refractivity (Wildman–Crippen MR) is 90.2 cm³/mol. The van der Waals surface area contributed by atoms with Crippen LogP contribution in [0.1, 0.15) is 39.0 Å². The third kappa shape index (κ3) is 7.74. The highest BCUT2D eigenvalue weighted by atomic mass is 32.3. The zero-order valence-corrected chi connectivity index (χ0v) is 15.4. The molecule has 0 aliphatic carbocycles. The molecule has 1 heterocycles. The summed E-state index contributed by atoms with van der Waals surface area (Å²) in [5.41, 5.74) is -1.11. The van der Waals surface area contributed by atoms with E-state index in [-0.39, 0.29) is 5.04 Å².